The van der Waals surface area contributed by atoms with Crippen molar-refractivity contribution in [2.45, 2.75) is 72.0 Å². The summed E-state index contributed by atoms with van der Waals surface area (Å²) >= 11 is 0. The smallest absolute Gasteiger partial charge is 0.0653 e. The molecule has 0 aromatic carbocycles. The fourth-order valence-electron chi connectivity index (χ4n) is 1.51. The van der Waals surface area contributed by atoms with Crippen molar-refractivity contribution in [1.29, 1.82) is 0 Å². The summed E-state index contributed by atoms with van der Waals surface area (Å²) in [7, 11) is 5.43. The van der Waals surface area contributed by atoms with E-state index >= 15 is 0 Å². The quantitative estimate of drug-likeness (QED) is 0.403. The molecule has 0 spiro atoms. The summed E-state index contributed by atoms with van der Waals surface area (Å²) in [5.74, 6) is 0. The minimum Gasteiger partial charge on any atom is -0.0887 e. The van der Waals surface area contributed by atoms with E-state index in [1.165, 1.54) is 44.9 Å². The zero-order valence-electron chi connectivity index (χ0n) is 9.73. The third-order valence-electron chi connectivity index (χ3n) is 2.38. The van der Waals surface area contributed by atoms with Crippen LogP contribution >= 0.6 is 0 Å². The molecule has 76 valence electrons. The van der Waals surface area contributed by atoms with Crippen LogP contribution in [0, 0.1) is 5.41 Å². The first-order valence-corrected chi connectivity index (χ1v) is 5.76. The largest absolute Gasteiger partial charge is 0.0887 e. The van der Waals surface area contributed by atoms with Crippen molar-refractivity contribution in [2.75, 3.05) is 0 Å². The van der Waals surface area contributed by atoms with Gasteiger partial charge in [0, 0.05) is 0 Å². The predicted octanol–water partition coefficient (Wildman–Crippen LogP) is 4.35. The Morgan fingerprint density at radius 1 is 0.769 bits per heavy atom. The summed E-state index contributed by atoms with van der Waals surface area (Å²) in [6, 6.07) is 0. The summed E-state index contributed by atoms with van der Waals surface area (Å²) in [6.45, 7) is 6.96. The van der Waals surface area contributed by atoms with Crippen molar-refractivity contribution in [1.82, 2.24) is 0 Å². The van der Waals surface area contributed by atoms with Crippen molar-refractivity contribution in [3.8, 4) is 0 Å². The van der Waals surface area contributed by atoms with Gasteiger partial charge >= 0.3 is 0 Å². The SMILES string of the molecule is [B]CCCCCCCCC(C)(C)C. The van der Waals surface area contributed by atoms with Crippen LogP contribution in [0.5, 0.6) is 0 Å². The van der Waals surface area contributed by atoms with E-state index in [0.29, 0.717) is 5.41 Å². The van der Waals surface area contributed by atoms with Gasteiger partial charge in [-0.1, -0.05) is 65.6 Å². The first-order valence-electron chi connectivity index (χ1n) is 5.76. The van der Waals surface area contributed by atoms with Crippen molar-refractivity contribution in [3.05, 3.63) is 0 Å². The average Bonchev–Trinajstić information content (AvgIpc) is 2.01. The highest BCUT2D eigenvalue weighted by atomic mass is 14.1. The highest BCUT2D eigenvalue weighted by molar-refractivity contribution is 6.08. The van der Waals surface area contributed by atoms with Crippen LogP contribution in [0.4, 0.5) is 0 Å². The van der Waals surface area contributed by atoms with Crippen molar-refractivity contribution < 1.29 is 0 Å². The monoisotopic (exact) mass is 180 g/mol. The second kappa shape index (κ2) is 7.47. The molecule has 0 aliphatic carbocycles. The lowest BCUT2D eigenvalue weighted by molar-refractivity contribution is 0.356. The standard InChI is InChI=1S/C12H25B/c1-12(2,3)10-8-6-4-5-7-9-11-13/h4-11H2,1-3H3. The number of unbranched alkanes of at least 4 members (excludes halogenated alkanes) is 5. The van der Waals surface area contributed by atoms with E-state index in [4.69, 9.17) is 7.85 Å². The molecule has 0 bridgehead atoms. The lowest BCUT2D eigenvalue weighted by Gasteiger charge is -2.17. The first-order chi connectivity index (χ1) is 6.06. The molecule has 13 heavy (non-hydrogen) atoms. The summed E-state index contributed by atoms with van der Waals surface area (Å²) in [5.41, 5.74) is 0.525. The molecule has 0 saturated carbocycles. The van der Waals surface area contributed by atoms with Crippen molar-refractivity contribution >= 4 is 7.85 Å². The van der Waals surface area contributed by atoms with Crippen LogP contribution in [0.3, 0.4) is 0 Å². The van der Waals surface area contributed by atoms with Crippen LogP contribution in [-0.2, 0) is 0 Å². The van der Waals surface area contributed by atoms with E-state index in [9.17, 15) is 0 Å². The molecule has 0 saturated heterocycles. The van der Waals surface area contributed by atoms with Crippen molar-refractivity contribution in [2.24, 2.45) is 5.41 Å². The minimum absolute atomic E-state index is 0.525. The van der Waals surface area contributed by atoms with Gasteiger partial charge in [0.05, 0.1) is 7.85 Å². The molecule has 0 amide bonds. The van der Waals surface area contributed by atoms with Crippen LogP contribution < -0.4 is 0 Å². The summed E-state index contributed by atoms with van der Waals surface area (Å²) in [5, 5.41) is 0. The molecule has 0 unspecified atom stereocenters. The average molecular weight is 180 g/mol. The maximum absolute atomic E-state index is 5.43. The van der Waals surface area contributed by atoms with E-state index in [0.717, 1.165) is 6.32 Å². The van der Waals surface area contributed by atoms with Crippen LogP contribution in [0.15, 0.2) is 0 Å². The van der Waals surface area contributed by atoms with Crippen LogP contribution in [-0.4, -0.2) is 7.85 Å². The molecule has 0 fully saturated rings. The molecule has 0 atom stereocenters. The molecule has 0 nitrogen and oxygen atoms in total. The molecule has 0 aliphatic rings. The second-order valence-electron chi connectivity index (χ2n) is 5.22. The summed E-state index contributed by atoms with van der Waals surface area (Å²) in [4.78, 5) is 0. The zero-order valence-corrected chi connectivity index (χ0v) is 9.73. The Morgan fingerprint density at radius 2 is 1.23 bits per heavy atom. The third-order valence-corrected chi connectivity index (χ3v) is 2.38. The van der Waals surface area contributed by atoms with Gasteiger partial charge in [0.25, 0.3) is 0 Å². The van der Waals surface area contributed by atoms with Gasteiger partial charge in [-0.15, -0.1) is 0 Å². The Kier molecular flexibility index (Phi) is 7.50. The Balaban J connectivity index is 3.00. The molecule has 0 aromatic rings. The van der Waals surface area contributed by atoms with Crippen molar-refractivity contribution in [3.63, 3.8) is 0 Å². The number of rotatable bonds is 7. The molecule has 0 rings (SSSR count). The third kappa shape index (κ3) is 12.1. The topological polar surface area (TPSA) is 0 Å². The number of hydrogen-bond donors (Lipinski definition) is 0. The Bertz CT molecular complexity index is 102. The van der Waals surface area contributed by atoms with Crippen LogP contribution in [0.2, 0.25) is 6.32 Å². The van der Waals surface area contributed by atoms with Gasteiger partial charge in [-0.2, -0.15) is 0 Å². The van der Waals surface area contributed by atoms with E-state index in [2.05, 4.69) is 20.8 Å². The molecular weight excluding hydrogens is 155 g/mol. The molecule has 2 radical (unpaired) electrons. The lowest BCUT2D eigenvalue weighted by Crippen LogP contribution is -2.03. The second-order valence-corrected chi connectivity index (χ2v) is 5.22. The fraction of sp³-hybridized carbons (Fsp3) is 1.00. The normalized spacial score (nSPS) is 11.9. The van der Waals surface area contributed by atoms with Gasteiger partial charge in [0.1, 0.15) is 0 Å². The van der Waals surface area contributed by atoms with E-state index in [1.54, 1.807) is 0 Å². The summed E-state index contributed by atoms with van der Waals surface area (Å²) in [6.07, 6.45) is 10.3. The highest BCUT2D eigenvalue weighted by Gasteiger charge is 2.08. The molecular formula is C12H25B. The van der Waals surface area contributed by atoms with E-state index in [-0.39, 0.29) is 0 Å². The minimum atomic E-state index is 0.525. The predicted molar refractivity (Wildman–Crippen MR) is 62.3 cm³/mol. The summed E-state index contributed by atoms with van der Waals surface area (Å²) < 4.78 is 0. The highest BCUT2D eigenvalue weighted by Crippen LogP contribution is 2.22. The maximum atomic E-state index is 5.43. The Hall–Kier alpha value is 0.0649. The van der Waals surface area contributed by atoms with E-state index < -0.39 is 0 Å². The van der Waals surface area contributed by atoms with Gasteiger partial charge < -0.3 is 0 Å². The Labute approximate surface area is 85.9 Å². The molecule has 0 aromatic heterocycles. The zero-order chi connectivity index (χ0) is 10.2. The van der Waals surface area contributed by atoms with Gasteiger partial charge in [-0.3, -0.25) is 0 Å². The van der Waals surface area contributed by atoms with Gasteiger partial charge in [-0.25, -0.2) is 0 Å². The van der Waals surface area contributed by atoms with Gasteiger partial charge in [0.2, 0.25) is 0 Å². The van der Waals surface area contributed by atoms with Gasteiger partial charge in [0.15, 0.2) is 0 Å². The molecule has 0 N–H and O–H groups in total. The lowest BCUT2D eigenvalue weighted by atomic mass is 9.89. The molecule has 0 aliphatic heterocycles. The first kappa shape index (κ1) is 13.1. The maximum Gasteiger partial charge on any atom is 0.0653 e. The fourth-order valence-corrected chi connectivity index (χ4v) is 1.51. The molecule has 0 heterocycles. The van der Waals surface area contributed by atoms with Crippen LogP contribution in [0.1, 0.15) is 65.7 Å². The molecule has 1 heteroatoms. The Morgan fingerprint density at radius 3 is 1.69 bits per heavy atom. The number of hydrogen-bond acceptors (Lipinski definition) is 0. The van der Waals surface area contributed by atoms with Gasteiger partial charge in [-0.05, 0) is 11.8 Å². The van der Waals surface area contributed by atoms with E-state index in [1.807, 2.05) is 0 Å². The van der Waals surface area contributed by atoms with Crippen LogP contribution in [0.25, 0.3) is 0 Å².